The molecule has 0 aromatic heterocycles. The zero-order valence-electron chi connectivity index (χ0n) is 17.3. The van der Waals surface area contributed by atoms with Gasteiger partial charge in [-0.05, 0) is 43.5 Å². The summed E-state index contributed by atoms with van der Waals surface area (Å²) in [5.74, 6) is 0.866. The third-order valence-electron chi connectivity index (χ3n) is 5.05. The molecule has 0 heterocycles. The van der Waals surface area contributed by atoms with E-state index in [-0.39, 0.29) is 0 Å². The predicted octanol–water partition coefficient (Wildman–Crippen LogP) is 7.97. The van der Waals surface area contributed by atoms with E-state index in [1.807, 2.05) is 18.2 Å². The summed E-state index contributed by atoms with van der Waals surface area (Å²) >= 11 is 0. The Labute approximate surface area is 167 Å². The average molecular weight is 370 g/mol. The lowest BCUT2D eigenvalue weighted by atomic mass is 10.0. The Balaban J connectivity index is 1.76. The number of nitrogens with zero attached hydrogens (tertiary/aromatic N) is 1. The monoisotopic (exact) mass is 369 g/mol. The van der Waals surface area contributed by atoms with E-state index in [0.717, 1.165) is 18.8 Å². The second-order valence-electron chi connectivity index (χ2n) is 7.51. The van der Waals surface area contributed by atoms with Crippen LogP contribution in [0.25, 0.3) is 0 Å². The molecule has 0 atom stereocenters. The number of unbranched alkanes of at least 4 members (excludes halogenated alkanes) is 14. The number of allylic oxidation sites excluding steroid dienone is 1. The first-order valence-electron chi connectivity index (χ1n) is 11.1. The molecule has 0 N–H and O–H groups in total. The zero-order valence-corrected chi connectivity index (χ0v) is 17.3. The van der Waals surface area contributed by atoms with E-state index in [4.69, 9.17) is 10.00 Å². The molecule has 1 aromatic rings. The highest BCUT2D eigenvalue weighted by molar-refractivity contribution is 5.34. The standard InChI is InChI=1S/C25H39NO/c1-2-3-4-5-6-7-8-9-10-11-12-13-14-15-16-17-22-27-25-20-18-24(23-26)19-21-25/h2,18-21H,1,3-17,22H2. The summed E-state index contributed by atoms with van der Waals surface area (Å²) in [6, 6.07) is 9.49. The maximum atomic E-state index is 8.77. The van der Waals surface area contributed by atoms with Crippen molar-refractivity contribution >= 4 is 0 Å². The minimum atomic E-state index is 0.682. The molecule has 0 aliphatic rings. The first kappa shape index (κ1) is 23.3. The van der Waals surface area contributed by atoms with Crippen molar-refractivity contribution < 1.29 is 4.74 Å². The van der Waals surface area contributed by atoms with Crippen molar-refractivity contribution in [2.75, 3.05) is 6.61 Å². The van der Waals surface area contributed by atoms with Gasteiger partial charge in [-0.2, -0.15) is 5.26 Å². The van der Waals surface area contributed by atoms with Gasteiger partial charge in [0.05, 0.1) is 18.2 Å². The van der Waals surface area contributed by atoms with E-state index < -0.39 is 0 Å². The number of hydrogen-bond donors (Lipinski definition) is 0. The maximum absolute atomic E-state index is 8.77. The molecular formula is C25H39NO. The van der Waals surface area contributed by atoms with Gasteiger partial charge in [0.1, 0.15) is 5.75 Å². The normalized spacial score (nSPS) is 10.5. The van der Waals surface area contributed by atoms with Crippen LogP contribution >= 0.6 is 0 Å². The third kappa shape index (κ3) is 14.0. The molecule has 2 nitrogen and oxygen atoms in total. The van der Waals surface area contributed by atoms with Crippen molar-refractivity contribution in [3.63, 3.8) is 0 Å². The van der Waals surface area contributed by atoms with Crippen LogP contribution in [0.4, 0.5) is 0 Å². The summed E-state index contributed by atoms with van der Waals surface area (Å²) in [5.41, 5.74) is 0.682. The highest BCUT2D eigenvalue weighted by atomic mass is 16.5. The van der Waals surface area contributed by atoms with Gasteiger partial charge in [-0.25, -0.2) is 0 Å². The fraction of sp³-hybridized carbons (Fsp3) is 0.640. The molecule has 0 fully saturated rings. The molecule has 0 bridgehead atoms. The Kier molecular flexibility index (Phi) is 15.2. The van der Waals surface area contributed by atoms with Gasteiger partial charge in [0.2, 0.25) is 0 Å². The van der Waals surface area contributed by atoms with E-state index >= 15 is 0 Å². The van der Waals surface area contributed by atoms with Crippen LogP contribution in [0.15, 0.2) is 36.9 Å². The predicted molar refractivity (Wildman–Crippen MR) is 116 cm³/mol. The van der Waals surface area contributed by atoms with Gasteiger partial charge in [0.25, 0.3) is 0 Å². The molecule has 0 saturated carbocycles. The molecule has 0 saturated heterocycles. The highest BCUT2D eigenvalue weighted by Crippen LogP contribution is 2.15. The fourth-order valence-electron chi connectivity index (χ4n) is 3.33. The van der Waals surface area contributed by atoms with E-state index in [1.165, 1.54) is 89.9 Å². The number of benzene rings is 1. The lowest BCUT2D eigenvalue weighted by Gasteiger charge is -2.06. The van der Waals surface area contributed by atoms with Crippen LogP contribution in [-0.2, 0) is 0 Å². The minimum absolute atomic E-state index is 0.682. The average Bonchev–Trinajstić information content (AvgIpc) is 2.70. The van der Waals surface area contributed by atoms with Gasteiger partial charge in [-0.15, -0.1) is 6.58 Å². The quantitative estimate of drug-likeness (QED) is 0.194. The first-order chi connectivity index (χ1) is 13.4. The molecular weight excluding hydrogens is 330 g/mol. The van der Waals surface area contributed by atoms with Crippen molar-refractivity contribution in [1.82, 2.24) is 0 Å². The fourth-order valence-corrected chi connectivity index (χ4v) is 3.33. The molecule has 1 aromatic carbocycles. The SMILES string of the molecule is C=CCCCCCCCCCCCCCCCCOc1ccc(C#N)cc1. The van der Waals surface area contributed by atoms with Crippen molar-refractivity contribution in [3.8, 4) is 11.8 Å². The van der Waals surface area contributed by atoms with Crippen LogP contribution in [0.1, 0.15) is 102 Å². The van der Waals surface area contributed by atoms with Crippen LogP contribution in [0.5, 0.6) is 5.75 Å². The maximum Gasteiger partial charge on any atom is 0.119 e. The first-order valence-corrected chi connectivity index (χ1v) is 11.1. The lowest BCUT2D eigenvalue weighted by Crippen LogP contribution is -1.97. The van der Waals surface area contributed by atoms with Gasteiger partial charge in [0, 0.05) is 0 Å². The van der Waals surface area contributed by atoms with Gasteiger partial charge in [0.15, 0.2) is 0 Å². The van der Waals surface area contributed by atoms with Gasteiger partial charge < -0.3 is 4.74 Å². The number of ether oxygens (including phenoxy) is 1. The van der Waals surface area contributed by atoms with Crippen LogP contribution in [0.2, 0.25) is 0 Å². The Morgan fingerprint density at radius 1 is 0.704 bits per heavy atom. The summed E-state index contributed by atoms with van der Waals surface area (Å²) in [6.45, 7) is 4.55. The molecule has 1 rings (SSSR count). The van der Waals surface area contributed by atoms with E-state index in [2.05, 4.69) is 12.6 Å². The van der Waals surface area contributed by atoms with Crippen molar-refractivity contribution in [3.05, 3.63) is 42.5 Å². The summed E-state index contributed by atoms with van der Waals surface area (Å²) in [6.07, 6.45) is 22.3. The number of nitriles is 1. The largest absolute Gasteiger partial charge is 0.494 e. The molecule has 0 aliphatic carbocycles. The molecule has 0 aliphatic heterocycles. The third-order valence-corrected chi connectivity index (χ3v) is 5.05. The van der Waals surface area contributed by atoms with Crippen LogP contribution in [-0.4, -0.2) is 6.61 Å². The molecule has 0 spiro atoms. The van der Waals surface area contributed by atoms with Crippen molar-refractivity contribution in [1.29, 1.82) is 5.26 Å². The van der Waals surface area contributed by atoms with Gasteiger partial charge >= 0.3 is 0 Å². The molecule has 2 heteroatoms. The lowest BCUT2D eigenvalue weighted by molar-refractivity contribution is 0.304. The zero-order chi connectivity index (χ0) is 19.4. The van der Waals surface area contributed by atoms with E-state index in [9.17, 15) is 0 Å². The Hall–Kier alpha value is -1.75. The molecule has 0 radical (unpaired) electrons. The van der Waals surface area contributed by atoms with Gasteiger partial charge in [-0.3, -0.25) is 0 Å². The van der Waals surface area contributed by atoms with Crippen LogP contribution in [0, 0.1) is 11.3 Å². The van der Waals surface area contributed by atoms with E-state index in [1.54, 1.807) is 12.1 Å². The topological polar surface area (TPSA) is 33.0 Å². The van der Waals surface area contributed by atoms with Crippen molar-refractivity contribution in [2.24, 2.45) is 0 Å². The summed E-state index contributed by atoms with van der Waals surface area (Å²) in [5, 5.41) is 8.77. The van der Waals surface area contributed by atoms with E-state index in [0.29, 0.717) is 5.56 Å². The Bertz CT molecular complexity index is 500. The highest BCUT2D eigenvalue weighted by Gasteiger charge is 1.96. The minimum Gasteiger partial charge on any atom is -0.494 e. The number of hydrogen-bond acceptors (Lipinski definition) is 2. The summed E-state index contributed by atoms with van der Waals surface area (Å²) in [4.78, 5) is 0. The van der Waals surface area contributed by atoms with Crippen LogP contribution in [0.3, 0.4) is 0 Å². The second kappa shape index (κ2) is 17.7. The second-order valence-corrected chi connectivity index (χ2v) is 7.51. The van der Waals surface area contributed by atoms with Gasteiger partial charge in [-0.1, -0.05) is 83.1 Å². The van der Waals surface area contributed by atoms with Crippen LogP contribution < -0.4 is 4.74 Å². The Morgan fingerprint density at radius 2 is 1.15 bits per heavy atom. The summed E-state index contributed by atoms with van der Waals surface area (Å²) < 4.78 is 5.71. The molecule has 27 heavy (non-hydrogen) atoms. The molecule has 0 amide bonds. The number of rotatable bonds is 18. The summed E-state index contributed by atoms with van der Waals surface area (Å²) in [7, 11) is 0. The Morgan fingerprint density at radius 3 is 1.59 bits per heavy atom. The van der Waals surface area contributed by atoms with Crippen molar-refractivity contribution in [2.45, 2.75) is 96.3 Å². The smallest absolute Gasteiger partial charge is 0.119 e. The molecule has 150 valence electrons. The molecule has 0 unspecified atom stereocenters.